The lowest BCUT2D eigenvalue weighted by molar-refractivity contribution is -0.122. The topological polar surface area (TPSA) is 63.0 Å². The molecule has 29 heavy (non-hydrogen) atoms. The Balaban J connectivity index is 1.74. The molecule has 2 aromatic carbocycles. The Morgan fingerprint density at radius 3 is 2.86 bits per heavy atom. The number of halogens is 1. The first kappa shape index (κ1) is 18.0. The van der Waals surface area contributed by atoms with E-state index in [0.717, 1.165) is 32.7 Å². The molecule has 3 aromatic rings. The van der Waals surface area contributed by atoms with Crippen LogP contribution in [0.2, 0.25) is 0 Å². The van der Waals surface area contributed by atoms with Crippen LogP contribution < -0.4 is 10.1 Å². The minimum atomic E-state index is -0.565. The Morgan fingerprint density at radius 2 is 2.07 bits per heavy atom. The zero-order valence-electron chi connectivity index (χ0n) is 16.2. The summed E-state index contributed by atoms with van der Waals surface area (Å²) in [4.78, 5) is 12.9. The molecule has 1 amide bonds. The third-order valence-corrected chi connectivity index (χ3v) is 6.61. The van der Waals surface area contributed by atoms with E-state index in [0.29, 0.717) is 28.3 Å². The number of benzene rings is 2. The summed E-state index contributed by atoms with van der Waals surface area (Å²) in [6, 6.07) is 8.96. The van der Waals surface area contributed by atoms with Crippen LogP contribution in [-0.2, 0) is 11.2 Å². The van der Waals surface area contributed by atoms with E-state index in [2.05, 4.69) is 15.5 Å². The smallest absolute Gasteiger partial charge is 0.265 e. The Labute approximate surface area is 170 Å². The van der Waals surface area contributed by atoms with E-state index < -0.39 is 6.10 Å². The van der Waals surface area contributed by atoms with Gasteiger partial charge in [-0.2, -0.15) is 5.10 Å². The zero-order valence-corrected chi connectivity index (χ0v) is 17.0. The van der Waals surface area contributed by atoms with Crippen LogP contribution >= 0.6 is 11.3 Å². The van der Waals surface area contributed by atoms with E-state index in [1.165, 1.54) is 17.4 Å². The first-order valence-corrected chi connectivity index (χ1v) is 10.2. The van der Waals surface area contributed by atoms with Gasteiger partial charge in [0.1, 0.15) is 17.3 Å². The average Bonchev–Trinajstić information content (AvgIpc) is 2.93. The molecule has 0 saturated heterocycles. The molecule has 0 radical (unpaired) electrons. The van der Waals surface area contributed by atoms with Crippen molar-refractivity contribution in [3.8, 4) is 5.75 Å². The molecule has 0 saturated carbocycles. The van der Waals surface area contributed by atoms with Gasteiger partial charge in [-0.3, -0.25) is 4.79 Å². The first-order chi connectivity index (χ1) is 13.9. The fourth-order valence-electron chi connectivity index (χ4n) is 3.77. The number of nitrogens with zero attached hydrogens (tertiary/aromatic N) is 2. The highest BCUT2D eigenvalue weighted by Gasteiger charge is 2.28. The second-order valence-corrected chi connectivity index (χ2v) is 8.41. The van der Waals surface area contributed by atoms with Crippen molar-refractivity contribution in [1.82, 2.24) is 0 Å². The molecule has 1 unspecified atom stereocenters. The molecule has 7 heteroatoms. The SMILES string of the molecule is CC1=NN=C(c2sc3c(F)cccc3c2C)c2cc3c(cc2C1)NC(=O)C(C)O3. The molecule has 2 aliphatic rings. The van der Waals surface area contributed by atoms with Crippen LogP contribution in [0.15, 0.2) is 40.5 Å². The van der Waals surface area contributed by atoms with Crippen LogP contribution in [0.3, 0.4) is 0 Å². The number of carbonyl (C=O) groups excluding carboxylic acids is 1. The number of hydrogen-bond acceptors (Lipinski definition) is 5. The lowest BCUT2D eigenvalue weighted by Gasteiger charge is -2.25. The van der Waals surface area contributed by atoms with Gasteiger partial charge in [-0.05, 0) is 55.5 Å². The maximum absolute atomic E-state index is 14.4. The van der Waals surface area contributed by atoms with Crippen molar-refractivity contribution in [2.24, 2.45) is 10.2 Å². The fraction of sp³-hybridized carbons (Fsp3) is 0.227. The van der Waals surface area contributed by atoms with Crippen molar-refractivity contribution in [3.05, 3.63) is 57.7 Å². The minimum absolute atomic E-state index is 0.166. The van der Waals surface area contributed by atoms with Gasteiger partial charge in [-0.25, -0.2) is 4.39 Å². The highest BCUT2D eigenvalue weighted by molar-refractivity contribution is 7.21. The molecule has 0 aliphatic carbocycles. The van der Waals surface area contributed by atoms with Gasteiger partial charge in [0, 0.05) is 17.7 Å². The number of nitrogens with one attached hydrogen (secondary N) is 1. The van der Waals surface area contributed by atoms with Crippen LogP contribution in [-0.4, -0.2) is 23.4 Å². The van der Waals surface area contributed by atoms with Gasteiger partial charge in [0.15, 0.2) is 6.10 Å². The van der Waals surface area contributed by atoms with Crippen LogP contribution in [0.1, 0.15) is 35.4 Å². The predicted molar refractivity (Wildman–Crippen MR) is 114 cm³/mol. The van der Waals surface area contributed by atoms with E-state index in [1.807, 2.05) is 32.0 Å². The molecule has 3 heterocycles. The van der Waals surface area contributed by atoms with Gasteiger partial charge in [-0.1, -0.05) is 12.1 Å². The second kappa shape index (κ2) is 6.49. The normalized spacial score (nSPS) is 18.2. The Morgan fingerprint density at radius 1 is 1.24 bits per heavy atom. The Kier molecular flexibility index (Phi) is 4.03. The maximum atomic E-state index is 14.4. The quantitative estimate of drug-likeness (QED) is 0.628. The van der Waals surface area contributed by atoms with E-state index in [9.17, 15) is 9.18 Å². The standard InChI is InChI=1S/C22H18FN3O2S/c1-10-7-13-8-17-18(28-12(3)22(27)24-17)9-15(13)19(26-25-10)20-11(2)14-5-4-6-16(23)21(14)29-20/h4-6,8-9,12H,7H2,1-3H3,(H,24,27). The lowest BCUT2D eigenvalue weighted by Crippen LogP contribution is -2.34. The van der Waals surface area contributed by atoms with Crippen LogP contribution in [0.4, 0.5) is 10.1 Å². The molecule has 0 bridgehead atoms. The summed E-state index contributed by atoms with van der Waals surface area (Å²) >= 11 is 1.38. The van der Waals surface area contributed by atoms with Gasteiger partial charge in [0.05, 0.1) is 15.3 Å². The molecule has 5 nitrogen and oxygen atoms in total. The average molecular weight is 407 g/mol. The van der Waals surface area contributed by atoms with Crippen molar-refractivity contribution in [2.45, 2.75) is 33.3 Å². The van der Waals surface area contributed by atoms with Crippen LogP contribution in [0.25, 0.3) is 10.1 Å². The molecule has 1 aromatic heterocycles. The van der Waals surface area contributed by atoms with Gasteiger partial charge in [0.25, 0.3) is 5.91 Å². The lowest BCUT2D eigenvalue weighted by atomic mass is 9.95. The van der Waals surface area contributed by atoms with Crippen molar-refractivity contribution in [1.29, 1.82) is 0 Å². The third kappa shape index (κ3) is 2.84. The number of fused-ring (bicyclic) bond motifs is 3. The largest absolute Gasteiger partial charge is 0.479 e. The highest BCUT2D eigenvalue weighted by Crippen LogP contribution is 2.39. The van der Waals surface area contributed by atoms with Gasteiger partial charge < -0.3 is 10.1 Å². The molecule has 146 valence electrons. The van der Waals surface area contributed by atoms with E-state index in [1.54, 1.807) is 13.0 Å². The predicted octanol–water partition coefficient (Wildman–Crippen LogP) is 4.84. The van der Waals surface area contributed by atoms with Gasteiger partial charge in [-0.15, -0.1) is 16.4 Å². The van der Waals surface area contributed by atoms with Crippen molar-refractivity contribution < 1.29 is 13.9 Å². The zero-order chi connectivity index (χ0) is 20.3. The molecule has 0 spiro atoms. The summed E-state index contributed by atoms with van der Waals surface area (Å²) < 4.78 is 20.8. The van der Waals surface area contributed by atoms with E-state index in [-0.39, 0.29) is 11.7 Å². The number of thiophene rings is 1. The molecular weight excluding hydrogens is 389 g/mol. The minimum Gasteiger partial charge on any atom is -0.479 e. The van der Waals surface area contributed by atoms with Crippen molar-refractivity contribution in [2.75, 3.05) is 5.32 Å². The summed E-state index contributed by atoms with van der Waals surface area (Å²) in [5.74, 6) is 0.204. The molecule has 1 atom stereocenters. The van der Waals surface area contributed by atoms with Crippen LogP contribution in [0.5, 0.6) is 5.75 Å². The molecule has 5 rings (SSSR count). The molecule has 2 aliphatic heterocycles. The number of amides is 1. The molecular formula is C22H18FN3O2S. The number of hydrogen-bond donors (Lipinski definition) is 1. The Hall–Kier alpha value is -3.06. The van der Waals surface area contributed by atoms with Crippen LogP contribution in [0, 0.1) is 12.7 Å². The summed E-state index contributed by atoms with van der Waals surface area (Å²) in [5.41, 5.74) is 5.08. The van der Waals surface area contributed by atoms with Gasteiger partial charge >= 0.3 is 0 Å². The maximum Gasteiger partial charge on any atom is 0.265 e. The van der Waals surface area contributed by atoms with Gasteiger partial charge in [0.2, 0.25) is 0 Å². The second-order valence-electron chi connectivity index (χ2n) is 7.39. The number of rotatable bonds is 1. The van der Waals surface area contributed by atoms with Crippen molar-refractivity contribution >= 4 is 44.4 Å². The summed E-state index contributed by atoms with van der Waals surface area (Å²) in [6.45, 7) is 5.61. The molecule has 1 N–H and O–H groups in total. The monoisotopic (exact) mass is 407 g/mol. The Bertz CT molecular complexity index is 1260. The summed E-state index contributed by atoms with van der Waals surface area (Å²) in [7, 11) is 0. The van der Waals surface area contributed by atoms with Crippen molar-refractivity contribution in [3.63, 3.8) is 0 Å². The highest BCUT2D eigenvalue weighted by atomic mass is 32.1. The molecule has 0 fully saturated rings. The first-order valence-electron chi connectivity index (χ1n) is 9.36. The number of ether oxygens (including phenoxy) is 1. The fourth-order valence-corrected chi connectivity index (χ4v) is 4.98. The summed E-state index contributed by atoms with van der Waals surface area (Å²) in [5, 5.41) is 12.7. The summed E-state index contributed by atoms with van der Waals surface area (Å²) in [6.07, 6.45) is 0.0455. The van der Waals surface area contributed by atoms with E-state index in [4.69, 9.17) is 4.74 Å². The number of anilines is 1. The van der Waals surface area contributed by atoms with E-state index >= 15 is 0 Å². The number of aryl methyl sites for hydroxylation is 1. The third-order valence-electron chi connectivity index (χ3n) is 5.29. The number of carbonyl (C=O) groups is 1.